The van der Waals surface area contributed by atoms with Crippen LogP contribution in [0.1, 0.15) is 18.2 Å². The maximum absolute atomic E-state index is 11.6. The summed E-state index contributed by atoms with van der Waals surface area (Å²) in [6.07, 6.45) is 5.13. The number of nitrogens with zero attached hydrogens (tertiary/aromatic N) is 3. The molecule has 0 unspecified atom stereocenters. The van der Waals surface area contributed by atoms with Crippen molar-refractivity contribution in [1.29, 1.82) is 0 Å². The number of aryl methyl sites for hydroxylation is 1. The Balaban J connectivity index is 1.84. The molecule has 1 N–H and O–H groups in total. The third-order valence-electron chi connectivity index (χ3n) is 3.55. The number of hydrogen-bond acceptors (Lipinski definition) is 5. The Morgan fingerprint density at radius 2 is 2.17 bits per heavy atom. The van der Waals surface area contributed by atoms with E-state index in [0.29, 0.717) is 11.5 Å². The van der Waals surface area contributed by atoms with Crippen LogP contribution in [0.25, 0.3) is 11.4 Å². The molecule has 23 heavy (non-hydrogen) atoms. The minimum atomic E-state index is -0.160. The van der Waals surface area contributed by atoms with E-state index in [4.69, 9.17) is 4.42 Å². The molecule has 0 aliphatic rings. The predicted octanol–water partition coefficient (Wildman–Crippen LogP) is 2.76. The summed E-state index contributed by atoms with van der Waals surface area (Å²) in [5, 5.41) is 0. The largest absolute Gasteiger partial charge is 0.472 e. The van der Waals surface area contributed by atoms with Crippen molar-refractivity contribution in [2.45, 2.75) is 20.4 Å². The molecular weight excluding hydrogens is 292 g/mol. The molecule has 3 aromatic heterocycles. The molecule has 0 radical (unpaired) electrons. The van der Waals surface area contributed by atoms with E-state index in [-0.39, 0.29) is 5.56 Å². The molecule has 0 aromatic carbocycles. The summed E-state index contributed by atoms with van der Waals surface area (Å²) in [5.74, 6) is 1.40. The van der Waals surface area contributed by atoms with Gasteiger partial charge in [0.2, 0.25) is 0 Å². The van der Waals surface area contributed by atoms with Gasteiger partial charge in [-0.2, -0.15) is 0 Å². The first-order valence-electron chi connectivity index (χ1n) is 7.46. The van der Waals surface area contributed by atoms with Crippen LogP contribution >= 0.6 is 0 Å². The second-order valence-electron chi connectivity index (χ2n) is 5.29. The van der Waals surface area contributed by atoms with Crippen molar-refractivity contribution < 1.29 is 4.42 Å². The molecule has 6 heteroatoms. The number of rotatable bonds is 5. The molecular formula is C17H18N4O2. The molecule has 0 aliphatic heterocycles. The molecule has 118 valence electrons. The fraction of sp³-hybridized carbons (Fsp3) is 0.235. The number of nitrogens with one attached hydrogen (secondary N) is 1. The van der Waals surface area contributed by atoms with Gasteiger partial charge in [-0.25, -0.2) is 9.97 Å². The summed E-state index contributed by atoms with van der Waals surface area (Å²) >= 11 is 0. The van der Waals surface area contributed by atoms with E-state index in [0.717, 1.165) is 30.0 Å². The molecule has 0 atom stereocenters. The zero-order valence-corrected chi connectivity index (χ0v) is 13.1. The molecule has 0 amide bonds. The third-order valence-corrected chi connectivity index (χ3v) is 3.55. The Bertz CT molecular complexity index is 823. The van der Waals surface area contributed by atoms with E-state index in [1.807, 2.05) is 18.2 Å². The van der Waals surface area contributed by atoms with Crippen molar-refractivity contribution in [3.63, 3.8) is 0 Å². The van der Waals surface area contributed by atoms with Crippen molar-refractivity contribution >= 4 is 5.82 Å². The predicted molar refractivity (Wildman–Crippen MR) is 88.3 cm³/mol. The molecule has 6 nitrogen and oxygen atoms in total. The average molecular weight is 310 g/mol. The van der Waals surface area contributed by atoms with Gasteiger partial charge in [-0.15, -0.1) is 0 Å². The summed E-state index contributed by atoms with van der Waals surface area (Å²) in [7, 11) is 0. The van der Waals surface area contributed by atoms with E-state index >= 15 is 0 Å². The highest BCUT2D eigenvalue weighted by Crippen LogP contribution is 2.19. The van der Waals surface area contributed by atoms with Gasteiger partial charge in [0, 0.05) is 42.2 Å². The SMILES string of the molecule is CCN(Cc1ccoc1)c1ccc(-c2nc(C)cc(=O)[nH]2)cn1. The van der Waals surface area contributed by atoms with Gasteiger partial charge in [0.1, 0.15) is 11.6 Å². The van der Waals surface area contributed by atoms with Crippen LogP contribution in [0.2, 0.25) is 0 Å². The molecule has 0 bridgehead atoms. The Morgan fingerprint density at radius 1 is 1.30 bits per heavy atom. The van der Waals surface area contributed by atoms with Crippen LogP contribution in [0.5, 0.6) is 0 Å². The lowest BCUT2D eigenvalue weighted by molar-refractivity contribution is 0.563. The van der Waals surface area contributed by atoms with Crippen LogP contribution in [0.15, 0.2) is 52.2 Å². The fourth-order valence-electron chi connectivity index (χ4n) is 2.39. The van der Waals surface area contributed by atoms with Crippen molar-refractivity contribution in [3.05, 3.63) is 64.6 Å². The van der Waals surface area contributed by atoms with E-state index in [1.165, 1.54) is 6.07 Å². The Labute approximate surface area is 133 Å². The first-order valence-corrected chi connectivity index (χ1v) is 7.46. The number of aromatic nitrogens is 3. The summed E-state index contributed by atoms with van der Waals surface area (Å²) in [6, 6.07) is 7.26. The molecule has 3 rings (SSSR count). The summed E-state index contributed by atoms with van der Waals surface area (Å²) in [6.45, 7) is 5.44. The van der Waals surface area contributed by atoms with Crippen LogP contribution in [0.4, 0.5) is 5.82 Å². The van der Waals surface area contributed by atoms with Crippen molar-refractivity contribution in [3.8, 4) is 11.4 Å². The smallest absolute Gasteiger partial charge is 0.251 e. The fourth-order valence-corrected chi connectivity index (χ4v) is 2.39. The van der Waals surface area contributed by atoms with E-state index < -0.39 is 0 Å². The topological polar surface area (TPSA) is 75.0 Å². The van der Waals surface area contributed by atoms with Crippen molar-refractivity contribution in [1.82, 2.24) is 15.0 Å². The van der Waals surface area contributed by atoms with E-state index in [1.54, 1.807) is 25.6 Å². The highest BCUT2D eigenvalue weighted by Gasteiger charge is 2.09. The van der Waals surface area contributed by atoms with Gasteiger partial charge in [-0.1, -0.05) is 0 Å². The monoisotopic (exact) mass is 310 g/mol. The quantitative estimate of drug-likeness (QED) is 0.784. The molecule has 0 fully saturated rings. The van der Waals surface area contributed by atoms with Gasteiger partial charge in [-0.05, 0) is 32.0 Å². The average Bonchev–Trinajstić information content (AvgIpc) is 3.05. The standard InChI is InChI=1S/C17H18N4O2/c1-3-21(10-13-6-7-23-11-13)15-5-4-14(9-18-15)17-19-12(2)8-16(22)20-17/h4-9,11H,3,10H2,1-2H3,(H,19,20,22). The number of H-pyrrole nitrogens is 1. The van der Waals surface area contributed by atoms with E-state index in [2.05, 4.69) is 26.8 Å². The molecule has 0 spiro atoms. The van der Waals surface area contributed by atoms with Gasteiger partial charge in [0.15, 0.2) is 0 Å². The van der Waals surface area contributed by atoms with E-state index in [9.17, 15) is 4.79 Å². The minimum absolute atomic E-state index is 0.160. The van der Waals surface area contributed by atoms with Gasteiger partial charge in [-0.3, -0.25) is 4.79 Å². The third kappa shape index (κ3) is 3.48. The summed E-state index contributed by atoms with van der Waals surface area (Å²) in [4.78, 5) is 25.3. The molecule has 0 saturated carbocycles. The van der Waals surface area contributed by atoms with Crippen LogP contribution in [0.3, 0.4) is 0 Å². The van der Waals surface area contributed by atoms with Crippen molar-refractivity contribution in [2.24, 2.45) is 0 Å². The number of aromatic amines is 1. The van der Waals surface area contributed by atoms with Crippen LogP contribution in [-0.2, 0) is 6.54 Å². The maximum atomic E-state index is 11.6. The van der Waals surface area contributed by atoms with Crippen molar-refractivity contribution in [2.75, 3.05) is 11.4 Å². The van der Waals surface area contributed by atoms with Crippen LogP contribution < -0.4 is 10.5 Å². The second kappa shape index (κ2) is 6.48. The minimum Gasteiger partial charge on any atom is -0.472 e. The zero-order chi connectivity index (χ0) is 16.2. The zero-order valence-electron chi connectivity index (χ0n) is 13.1. The van der Waals surface area contributed by atoms with Gasteiger partial charge < -0.3 is 14.3 Å². The molecule has 3 aromatic rings. The van der Waals surface area contributed by atoms with Gasteiger partial charge >= 0.3 is 0 Å². The van der Waals surface area contributed by atoms with Gasteiger partial charge in [0.05, 0.1) is 12.5 Å². The summed E-state index contributed by atoms with van der Waals surface area (Å²) < 4.78 is 5.11. The number of furan rings is 1. The lowest BCUT2D eigenvalue weighted by Gasteiger charge is -2.21. The summed E-state index contributed by atoms with van der Waals surface area (Å²) in [5.41, 5.74) is 2.41. The Hall–Kier alpha value is -2.89. The molecule has 3 heterocycles. The number of anilines is 1. The number of pyridine rings is 1. The van der Waals surface area contributed by atoms with Gasteiger partial charge in [0.25, 0.3) is 5.56 Å². The maximum Gasteiger partial charge on any atom is 0.251 e. The first kappa shape index (κ1) is 15.0. The second-order valence-corrected chi connectivity index (χ2v) is 5.29. The van der Waals surface area contributed by atoms with Crippen LogP contribution in [0, 0.1) is 6.92 Å². The Kier molecular flexibility index (Phi) is 4.23. The first-order chi connectivity index (χ1) is 11.2. The molecule has 0 aliphatic carbocycles. The lowest BCUT2D eigenvalue weighted by atomic mass is 10.2. The van der Waals surface area contributed by atoms with Crippen LogP contribution in [-0.4, -0.2) is 21.5 Å². The lowest BCUT2D eigenvalue weighted by Crippen LogP contribution is -2.22. The molecule has 0 saturated heterocycles. The normalized spacial score (nSPS) is 10.7. The Morgan fingerprint density at radius 3 is 2.78 bits per heavy atom. The number of hydrogen-bond donors (Lipinski definition) is 1. The highest BCUT2D eigenvalue weighted by molar-refractivity contribution is 5.56. The highest BCUT2D eigenvalue weighted by atomic mass is 16.3.